The van der Waals surface area contributed by atoms with Gasteiger partial charge in [0.05, 0.1) is 23.7 Å². The highest BCUT2D eigenvalue weighted by molar-refractivity contribution is 5.94. The van der Waals surface area contributed by atoms with Crippen LogP contribution >= 0.6 is 0 Å². The fraction of sp³-hybridized carbons (Fsp3) is 0.167. The lowest BCUT2D eigenvalue weighted by molar-refractivity contribution is 0.0958. The number of benzene rings is 1. The van der Waals surface area contributed by atoms with Crippen molar-refractivity contribution in [2.75, 3.05) is 11.9 Å². The first-order valence-corrected chi connectivity index (χ1v) is 7.08. The van der Waals surface area contributed by atoms with Gasteiger partial charge in [-0.2, -0.15) is 5.26 Å². The van der Waals surface area contributed by atoms with Crippen molar-refractivity contribution in [2.45, 2.75) is 13.0 Å². The molecule has 23 heavy (non-hydrogen) atoms. The van der Waals surface area contributed by atoms with Gasteiger partial charge in [0.2, 0.25) is 0 Å². The largest absolute Gasteiger partial charge is 0.364 e. The maximum Gasteiger partial charge on any atom is 0.253 e. The van der Waals surface area contributed by atoms with Crippen molar-refractivity contribution in [3.8, 4) is 18.4 Å². The van der Waals surface area contributed by atoms with Crippen LogP contribution in [0.4, 0.5) is 5.82 Å². The van der Waals surface area contributed by atoms with Gasteiger partial charge < -0.3 is 10.6 Å². The van der Waals surface area contributed by atoms with Gasteiger partial charge in [0.15, 0.2) is 0 Å². The van der Waals surface area contributed by atoms with Crippen molar-refractivity contribution in [1.29, 1.82) is 5.26 Å². The number of amides is 1. The van der Waals surface area contributed by atoms with Crippen LogP contribution < -0.4 is 10.6 Å². The number of aromatic nitrogens is 1. The van der Waals surface area contributed by atoms with Gasteiger partial charge >= 0.3 is 0 Å². The zero-order chi connectivity index (χ0) is 16.7. The van der Waals surface area contributed by atoms with Crippen LogP contribution in [0.2, 0.25) is 0 Å². The van der Waals surface area contributed by atoms with E-state index in [2.05, 4.69) is 27.6 Å². The highest BCUT2D eigenvalue weighted by Gasteiger charge is 2.08. The maximum absolute atomic E-state index is 11.7. The third-order valence-corrected chi connectivity index (χ3v) is 3.26. The highest BCUT2D eigenvalue weighted by atomic mass is 16.1. The average Bonchev–Trinajstić information content (AvgIpc) is 2.60. The number of terminal acetylenes is 1. The molecule has 0 aliphatic heterocycles. The number of carbonyl (C=O) groups excluding carboxylic acids is 1. The Morgan fingerprint density at radius 2 is 2.22 bits per heavy atom. The lowest BCUT2D eigenvalue weighted by Gasteiger charge is -2.15. The zero-order valence-electron chi connectivity index (χ0n) is 12.7. The summed E-state index contributed by atoms with van der Waals surface area (Å²) >= 11 is 0. The Bertz CT molecular complexity index is 769. The molecule has 0 spiro atoms. The summed E-state index contributed by atoms with van der Waals surface area (Å²) < 4.78 is 0. The fourth-order valence-corrected chi connectivity index (χ4v) is 2.03. The summed E-state index contributed by atoms with van der Waals surface area (Å²) in [6.45, 7) is 2.16. The Labute approximate surface area is 135 Å². The number of carbonyl (C=O) groups is 1. The Morgan fingerprint density at radius 3 is 2.87 bits per heavy atom. The van der Waals surface area contributed by atoms with Crippen molar-refractivity contribution in [1.82, 2.24) is 10.3 Å². The van der Waals surface area contributed by atoms with Crippen LogP contribution in [0.1, 0.15) is 34.5 Å². The third kappa shape index (κ3) is 4.33. The lowest BCUT2D eigenvalue weighted by Crippen LogP contribution is -2.23. The first-order chi connectivity index (χ1) is 11.1. The molecule has 0 aliphatic rings. The van der Waals surface area contributed by atoms with E-state index in [1.165, 1.54) is 6.20 Å². The number of rotatable bonds is 5. The standard InChI is InChI=1S/C18H16N4O/c1-3-9-20-18(23)16-7-8-17(21-12-16)22-13(2)15-6-4-5-14(10-15)11-19/h1,4-8,10,12-13H,9H2,2H3,(H,20,23)(H,21,22). The van der Waals surface area contributed by atoms with Crippen molar-refractivity contribution < 1.29 is 4.79 Å². The molecule has 1 heterocycles. The molecule has 5 nitrogen and oxygen atoms in total. The Kier molecular flexibility index (Phi) is 5.33. The van der Waals surface area contributed by atoms with Gasteiger partial charge in [0.1, 0.15) is 5.82 Å². The van der Waals surface area contributed by atoms with Crippen LogP contribution in [0, 0.1) is 23.7 Å². The van der Waals surface area contributed by atoms with Crippen molar-refractivity contribution in [3.63, 3.8) is 0 Å². The molecule has 2 aromatic rings. The molecule has 5 heteroatoms. The fourth-order valence-electron chi connectivity index (χ4n) is 2.03. The van der Waals surface area contributed by atoms with Crippen LogP contribution in [0.15, 0.2) is 42.6 Å². The molecular formula is C18H16N4O. The number of anilines is 1. The van der Waals surface area contributed by atoms with Crippen LogP contribution in [0.25, 0.3) is 0 Å². The van der Waals surface area contributed by atoms with Crippen LogP contribution in [0.3, 0.4) is 0 Å². The number of hydrogen-bond donors (Lipinski definition) is 2. The lowest BCUT2D eigenvalue weighted by atomic mass is 10.1. The zero-order valence-corrected chi connectivity index (χ0v) is 12.7. The number of hydrogen-bond acceptors (Lipinski definition) is 4. The van der Waals surface area contributed by atoms with E-state index in [9.17, 15) is 4.79 Å². The summed E-state index contributed by atoms with van der Waals surface area (Å²) in [5, 5.41) is 14.8. The van der Waals surface area contributed by atoms with Gasteiger partial charge in [-0.3, -0.25) is 4.79 Å². The molecule has 1 aromatic carbocycles. The van der Waals surface area contributed by atoms with Gasteiger partial charge in [-0.15, -0.1) is 6.42 Å². The van der Waals surface area contributed by atoms with Crippen LogP contribution in [-0.4, -0.2) is 17.4 Å². The molecule has 1 atom stereocenters. The number of nitrogens with one attached hydrogen (secondary N) is 2. The second-order valence-corrected chi connectivity index (χ2v) is 4.92. The van der Waals surface area contributed by atoms with Gasteiger partial charge in [-0.05, 0) is 36.8 Å². The SMILES string of the molecule is C#CCNC(=O)c1ccc(NC(C)c2cccc(C#N)c2)nc1. The number of nitriles is 1. The summed E-state index contributed by atoms with van der Waals surface area (Å²) in [7, 11) is 0. The molecule has 0 aliphatic carbocycles. The van der Waals surface area contributed by atoms with E-state index in [-0.39, 0.29) is 18.5 Å². The first-order valence-electron chi connectivity index (χ1n) is 7.08. The molecule has 0 saturated carbocycles. The molecule has 1 amide bonds. The molecule has 1 aromatic heterocycles. The van der Waals surface area contributed by atoms with Crippen molar-refractivity contribution in [2.24, 2.45) is 0 Å². The molecule has 2 N–H and O–H groups in total. The summed E-state index contributed by atoms with van der Waals surface area (Å²) in [4.78, 5) is 16.0. The summed E-state index contributed by atoms with van der Waals surface area (Å²) in [6, 6.07) is 12.9. The molecule has 0 radical (unpaired) electrons. The minimum absolute atomic E-state index is 0.0167. The smallest absolute Gasteiger partial charge is 0.253 e. The molecule has 0 bridgehead atoms. The van der Waals surface area contributed by atoms with Gasteiger partial charge in [-0.25, -0.2) is 4.98 Å². The molecule has 1 unspecified atom stereocenters. The minimum Gasteiger partial charge on any atom is -0.364 e. The predicted molar refractivity (Wildman–Crippen MR) is 88.6 cm³/mol. The quantitative estimate of drug-likeness (QED) is 0.832. The van der Waals surface area contributed by atoms with Crippen molar-refractivity contribution in [3.05, 3.63) is 59.3 Å². The molecule has 114 valence electrons. The van der Waals surface area contributed by atoms with Gasteiger partial charge in [0.25, 0.3) is 5.91 Å². The second-order valence-electron chi connectivity index (χ2n) is 4.92. The number of nitrogens with zero attached hydrogens (tertiary/aromatic N) is 2. The summed E-state index contributed by atoms with van der Waals surface area (Å²) in [5.74, 6) is 2.74. The summed E-state index contributed by atoms with van der Waals surface area (Å²) in [6.07, 6.45) is 6.59. The molecular weight excluding hydrogens is 288 g/mol. The van der Waals surface area contributed by atoms with Crippen LogP contribution in [0.5, 0.6) is 0 Å². The van der Waals surface area contributed by atoms with E-state index in [4.69, 9.17) is 11.7 Å². The van der Waals surface area contributed by atoms with E-state index >= 15 is 0 Å². The Balaban J connectivity index is 2.04. The van der Waals surface area contributed by atoms with E-state index in [1.807, 2.05) is 25.1 Å². The van der Waals surface area contributed by atoms with E-state index in [0.717, 1.165) is 5.56 Å². The normalized spacial score (nSPS) is 10.9. The third-order valence-electron chi connectivity index (χ3n) is 3.26. The molecule has 2 rings (SSSR count). The topological polar surface area (TPSA) is 77.8 Å². The maximum atomic E-state index is 11.7. The highest BCUT2D eigenvalue weighted by Crippen LogP contribution is 2.18. The van der Waals surface area contributed by atoms with Gasteiger partial charge in [-0.1, -0.05) is 18.1 Å². The van der Waals surface area contributed by atoms with Gasteiger partial charge in [0, 0.05) is 12.2 Å². The van der Waals surface area contributed by atoms with Crippen LogP contribution in [-0.2, 0) is 0 Å². The minimum atomic E-state index is -0.253. The number of pyridine rings is 1. The Morgan fingerprint density at radius 1 is 1.39 bits per heavy atom. The monoisotopic (exact) mass is 304 g/mol. The van der Waals surface area contributed by atoms with E-state index in [0.29, 0.717) is 16.9 Å². The van der Waals surface area contributed by atoms with Crippen molar-refractivity contribution >= 4 is 11.7 Å². The predicted octanol–water partition coefficient (Wildman–Crippen LogP) is 2.49. The molecule has 0 saturated heterocycles. The van der Waals surface area contributed by atoms with E-state index in [1.54, 1.807) is 18.2 Å². The summed E-state index contributed by atoms with van der Waals surface area (Å²) in [5.41, 5.74) is 2.05. The van der Waals surface area contributed by atoms with E-state index < -0.39 is 0 Å². The second kappa shape index (κ2) is 7.63. The average molecular weight is 304 g/mol. The Hall–Kier alpha value is -3.31. The first kappa shape index (κ1) is 16.1. The molecule has 0 fully saturated rings.